The third-order valence-electron chi connectivity index (χ3n) is 2.56. The molecule has 1 aromatic carbocycles. The van der Waals surface area contributed by atoms with Crippen LogP contribution in [0.25, 0.3) is 0 Å². The van der Waals surface area contributed by atoms with Crippen LogP contribution in [0.4, 0.5) is 11.4 Å². The number of anilines is 2. The zero-order valence-electron chi connectivity index (χ0n) is 10.5. The van der Waals surface area contributed by atoms with Crippen LogP contribution in [0.3, 0.4) is 0 Å². The second kappa shape index (κ2) is 6.78. The van der Waals surface area contributed by atoms with Crippen LogP contribution in [0.15, 0.2) is 18.2 Å². The van der Waals surface area contributed by atoms with Crippen LogP contribution < -0.4 is 16.4 Å². The Hall–Kier alpha value is -1.71. The number of nitrogen functional groups attached to an aromatic ring is 1. The summed E-state index contributed by atoms with van der Waals surface area (Å²) in [7, 11) is 0. The Morgan fingerprint density at radius 1 is 1.35 bits per heavy atom. The van der Waals surface area contributed by atoms with E-state index in [4.69, 9.17) is 5.73 Å². The van der Waals surface area contributed by atoms with Gasteiger partial charge in [-0.25, -0.2) is 0 Å². The van der Waals surface area contributed by atoms with Crippen molar-refractivity contribution in [3.8, 4) is 0 Å². The average molecular weight is 235 g/mol. The summed E-state index contributed by atoms with van der Waals surface area (Å²) >= 11 is 0. The summed E-state index contributed by atoms with van der Waals surface area (Å²) in [5.41, 5.74) is 8.61. The Morgan fingerprint density at radius 2 is 2.12 bits per heavy atom. The van der Waals surface area contributed by atoms with Gasteiger partial charge in [-0.3, -0.25) is 4.79 Å². The zero-order valence-corrected chi connectivity index (χ0v) is 10.5. The number of amides is 1. The topological polar surface area (TPSA) is 67.2 Å². The van der Waals surface area contributed by atoms with Gasteiger partial charge in [0.05, 0.1) is 11.4 Å². The van der Waals surface area contributed by atoms with E-state index in [0.29, 0.717) is 13.0 Å². The van der Waals surface area contributed by atoms with Crippen molar-refractivity contribution in [1.29, 1.82) is 0 Å². The normalized spacial score (nSPS) is 10.0. The number of hydrogen-bond donors (Lipinski definition) is 3. The molecule has 0 aromatic heterocycles. The van der Waals surface area contributed by atoms with Crippen molar-refractivity contribution in [2.45, 2.75) is 26.7 Å². The minimum atomic E-state index is 0.0746. The number of carbonyl (C=O) groups excluding carboxylic acids is 1. The molecule has 0 saturated heterocycles. The Labute approximate surface area is 103 Å². The van der Waals surface area contributed by atoms with E-state index < -0.39 is 0 Å². The summed E-state index contributed by atoms with van der Waals surface area (Å²) in [5.74, 6) is 0.0746. The molecule has 1 rings (SSSR count). The predicted molar refractivity (Wildman–Crippen MR) is 72.0 cm³/mol. The maximum Gasteiger partial charge on any atom is 0.221 e. The lowest BCUT2D eigenvalue weighted by molar-refractivity contribution is -0.120. The first-order chi connectivity index (χ1) is 8.15. The van der Waals surface area contributed by atoms with Crippen molar-refractivity contribution < 1.29 is 4.79 Å². The Balaban J connectivity index is 2.36. The molecule has 17 heavy (non-hydrogen) atoms. The van der Waals surface area contributed by atoms with Crippen LogP contribution in [-0.4, -0.2) is 19.0 Å². The number of para-hydroxylation sites is 1. The molecule has 0 aliphatic rings. The SMILES string of the molecule is CCCNC(=O)CCNc1cccc(C)c1N. The highest BCUT2D eigenvalue weighted by molar-refractivity contribution is 5.77. The van der Waals surface area contributed by atoms with Crippen LogP contribution in [0.1, 0.15) is 25.3 Å². The van der Waals surface area contributed by atoms with Gasteiger partial charge in [0, 0.05) is 19.5 Å². The summed E-state index contributed by atoms with van der Waals surface area (Å²) in [5, 5.41) is 6.01. The van der Waals surface area contributed by atoms with Gasteiger partial charge < -0.3 is 16.4 Å². The summed E-state index contributed by atoms with van der Waals surface area (Å²) in [6.07, 6.45) is 1.43. The quantitative estimate of drug-likeness (QED) is 0.660. The molecule has 0 saturated carbocycles. The highest BCUT2D eigenvalue weighted by atomic mass is 16.1. The van der Waals surface area contributed by atoms with Crippen molar-refractivity contribution in [1.82, 2.24) is 5.32 Å². The Kier molecular flexibility index (Phi) is 5.33. The van der Waals surface area contributed by atoms with Gasteiger partial charge in [-0.2, -0.15) is 0 Å². The largest absolute Gasteiger partial charge is 0.397 e. The molecule has 4 heteroatoms. The molecule has 0 aliphatic heterocycles. The first-order valence-electron chi connectivity index (χ1n) is 6.00. The number of nitrogens with two attached hydrogens (primary N) is 1. The number of nitrogens with one attached hydrogen (secondary N) is 2. The molecule has 1 amide bonds. The van der Waals surface area contributed by atoms with Crippen LogP contribution >= 0.6 is 0 Å². The molecule has 0 spiro atoms. The molecule has 4 N–H and O–H groups in total. The van der Waals surface area contributed by atoms with Crippen LogP contribution in [-0.2, 0) is 4.79 Å². The standard InChI is InChI=1S/C13H21N3O/c1-3-8-16-12(17)7-9-15-11-6-4-5-10(2)13(11)14/h4-6,15H,3,7-9,14H2,1-2H3,(H,16,17). The predicted octanol–water partition coefficient (Wildman–Crippen LogP) is 1.91. The average Bonchev–Trinajstić information content (AvgIpc) is 2.32. The summed E-state index contributed by atoms with van der Waals surface area (Å²) in [6, 6.07) is 5.84. The van der Waals surface area contributed by atoms with E-state index in [1.54, 1.807) is 0 Å². The second-order valence-electron chi connectivity index (χ2n) is 4.06. The van der Waals surface area contributed by atoms with Crippen molar-refractivity contribution >= 4 is 17.3 Å². The minimum Gasteiger partial charge on any atom is -0.397 e. The first-order valence-corrected chi connectivity index (χ1v) is 6.00. The molecule has 0 radical (unpaired) electrons. The maximum absolute atomic E-state index is 11.4. The zero-order chi connectivity index (χ0) is 12.7. The van der Waals surface area contributed by atoms with Crippen molar-refractivity contribution in [3.05, 3.63) is 23.8 Å². The van der Waals surface area contributed by atoms with Gasteiger partial charge in [0.1, 0.15) is 0 Å². The molecule has 0 heterocycles. The minimum absolute atomic E-state index is 0.0746. The smallest absolute Gasteiger partial charge is 0.221 e. The van der Waals surface area contributed by atoms with E-state index in [0.717, 1.165) is 29.9 Å². The monoisotopic (exact) mass is 235 g/mol. The lowest BCUT2D eigenvalue weighted by atomic mass is 10.1. The van der Waals surface area contributed by atoms with Crippen molar-refractivity contribution in [3.63, 3.8) is 0 Å². The van der Waals surface area contributed by atoms with E-state index in [-0.39, 0.29) is 5.91 Å². The Morgan fingerprint density at radius 3 is 2.82 bits per heavy atom. The second-order valence-corrected chi connectivity index (χ2v) is 4.06. The van der Waals surface area contributed by atoms with E-state index >= 15 is 0 Å². The summed E-state index contributed by atoms with van der Waals surface area (Å²) in [4.78, 5) is 11.4. The number of rotatable bonds is 6. The van der Waals surface area contributed by atoms with Crippen LogP contribution in [0.5, 0.6) is 0 Å². The number of carbonyl (C=O) groups is 1. The molecule has 0 unspecified atom stereocenters. The molecular formula is C13H21N3O. The highest BCUT2D eigenvalue weighted by Gasteiger charge is 2.02. The van der Waals surface area contributed by atoms with Crippen LogP contribution in [0.2, 0.25) is 0 Å². The van der Waals surface area contributed by atoms with Crippen LogP contribution in [0, 0.1) is 6.92 Å². The third-order valence-corrected chi connectivity index (χ3v) is 2.56. The summed E-state index contributed by atoms with van der Waals surface area (Å²) < 4.78 is 0. The number of aryl methyl sites for hydroxylation is 1. The summed E-state index contributed by atoms with van der Waals surface area (Å²) in [6.45, 7) is 5.34. The molecule has 1 aromatic rings. The fourth-order valence-corrected chi connectivity index (χ4v) is 1.50. The lowest BCUT2D eigenvalue weighted by Gasteiger charge is -2.10. The number of benzene rings is 1. The number of hydrogen-bond acceptors (Lipinski definition) is 3. The fourth-order valence-electron chi connectivity index (χ4n) is 1.50. The van der Waals surface area contributed by atoms with Gasteiger partial charge >= 0.3 is 0 Å². The van der Waals surface area contributed by atoms with Crippen molar-refractivity contribution in [2.24, 2.45) is 0 Å². The molecule has 94 valence electrons. The van der Waals surface area contributed by atoms with Gasteiger partial charge in [-0.15, -0.1) is 0 Å². The third kappa shape index (κ3) is 4.34. The van der Waals surface area contributed by atoms with Gasteiger partial charge in [0.2, 0.25) is 5.91 Å². The molecule has 0 atom stereocenters. The van der Waals surface area contributed by atoms with E-state index in [1.165, 1.54) is 0 Å². The molecule has 0 aliphatic carbocycles. The molecule has 4 nitrogen and oxygen atoms in total. The van der Waals surface area contributed by atoms with E-state index in [1.807, 2.05) is 32.0 Å². The van der Waals surface area contributed by atoms with Crippen molar-refractivity contribution in [2.75, 3.05) is 24.1 Å². The first kappa shape index (κ1) is 13.4. The Bertz CT molecular complexity index is 377. The van der Waals surface area contributed by atoms with Gasteiger partial charge in [-0.1, -0.05) is 19.1 Å². The fraction of sp³-hybridized carbons (Fsp3) is 0.462. The van der Waals surface area contributed by atoms with E-state index in [2.05, 4.69) is 10.6 Å². The van der Waals surface area contributed by atoms with Gasteiger partial charge in [0.15, 0.2) is 0 Å². The van der Waals surface area contributed by atoms with Gasteiger partial charge in [-0.05, 0) is 25.0 Å². The highest BCUT2D eigenvalue weighted by Crippen LogP contribution is 2.21. The molecule has 0 bridgehead atoms. The van der Waals surface area contributed by atoms with E-state index in [9.17, 15) is 4.79 Å². The molecule has 0 fully saturated rings. The lowest BCUT2D eigenvalue weighted by Crippen LogP contribution is -2.25. The van der Waals surface area contributed by atoms with Gasteiger partial charge in [0.25, 0.3) is 0 Å². The molecular weight excluding hydrogens is 214 g/mol. The maximum atomic E-state index is 11.4.